The lowest BCUT2D eigenvalue weighted by molar-refractivity contribution is 0.731. The van der Waals surface area contributed by atoms with Crippen molar-refractivity contribution in [3.05, 3.63) is 55.5 Å². The highest BCUT2D eigenvalue weighted by atomic mass is 15.1. The molecule has 3 aromatic rings. The summed E-state index contributed by atoms with van der Waals surface area (Å²) in [4.78, 5) is 8.50. The van der Waals surface area contributed by atoms with E-state index in [1.165, 1.54) is 6.33 Å². The molecule has 4 heteroatoms. The predicted octanol–water partition coefficient (Wildman–Crippen LogP) is 3.26. The number of fused-ring (bicyclic) bond motifs is 1. The first-order valence-electron chi connectivity index (χ1n) is 6.57. The highest BCUT2D eigenvalue weighted by Gasteiger charge is 2.14. The van der Waals surface area contributed by atoms with E-state index in [4.69, 9.17) is 5.73 Å². The first-order valence-corrected chi connectivity index (χ1v) is 6.57. The first-order chi connectivity index (χ1) is 9.81. The van der Waals surface area contributed by atoms with Crippen molar-refractivity contribution in [1.82, 2.24) is 14.5 Å². The van der Waals surface area contributed by atoms with E-state index in [-0.39, 0.29) is 0 Å². The number of anilines is 1. The lowest BCUT2D eigenvalue weighted by Crippen LogP contribution is -1.98. The van der Waals surface area contributed by atoms with Crippen molar-refractivity contribution < 1.29 is 0 Å². The van der Waals surface area contributed by atoms with Crippen molar-refractivity contribution in [3.8, 4) is 11.1 Å². The summed E-state index contributed by atoms with van der Waals surface area (Å²) < 4.78 is 2.11. The van der Waals surface area contributed by atoms with E-state index in [1.807, 2.05) is 24.3 Å². The highest BCUT2D eigenvalue weighted by molar-refractivity contribution is 6.00. The van der Waals surface area contributed by atoms with E-state index >= 15 is 0 Å². The van der Waals surface area contributed by atoms with Crippen LogP contribution in [0.25, 0.3) is 22.2 Å². The van der Waals surface area contributed by atoms with Crippen LogP contribution in [0.15, 0.2) is 55.5 Å². The van der Waals surface area contributed by atoms with Gasteiger partial charge in [0.1, 0.15) is 17.8 Å². The highest BCUT2D eigenvalue weighted by Crippen LogP contribution is 2.32. The molecule has 0 saturated carbocycles. The van der Waals surface area contributed by atoms with Crippen LogP contribution in [-0.2, 0) is 6.54 Å². The molecule has 0 bridgehead atoms. The Hall–Kier alpha value is -2.62. The molecule has 0 amide bonds. The Bertz CT molecular complexity index is 744. The molecule has 0 atom stereocenters. The fraction of sp³-hybridized carbons (Fsp3) is 0.125. The zero-order chi connectivity index (χ0) is 13.9. The average molecular weight is 264 g/mol. The van der Waals surface area contributed by atoms with Gasteiger partial charge in [-0.2, -0.15) is 0 Å². The van der Waals surface area contributed by atoms with Gasteiger partial charge >= 0.3 is 0 Å². The third kappa shape index (κ3) is 2.05. The molecule has 100 valence electrons. The van der Waals surface area contributed by atoms with Crippen molar-refractivity contribution in [2.24, 2.45) is 0 Å². The number of aryl methyl sites for hydroxylation is 1. The van der Waals surface area contributed by atoms with Gasteiger partial charge in [-0.1, -0.05) is 36.4 Å². The number of rotatable bonds is 4. The topological polar surface area (TPSA) is 56.7 Å². The summed E-state index contributed by atoms with van der Waals surface area (Å²) in [5, 5.41) is 0.919. The SMILES string of the molecule is C=CCCn1cc(-c2ccccc2)c2c(N)ncnc21. The van der Waals surface area contributed by atoms with Crippen LogP contribution in [-0.4, -0.2) is 14.5 Å². The predicted molar refractivity (Wildman–Crippen MR) is 82.2 cm³/mol. The van der Waals surface area contributed by atoms with Crippen molar-refractivity contribution >= 4 is 16.9 Å². The molecule has 0 aliphatic heterocycles. The van der Waals surface area contributed by atoms with Crippen LogP contribution in [0.2, 0.25) is 0 Å². The van der Waals surface area contributed by atoms with Crippen LogP contribution >= 0.6 is 0 Å². The molecule has 0 aliphatic carbocycles. The zero-order valence-electron chi connectivity index (χ0n) is 11.2. The van der Waals surface area contributed by atoms with E-state index in [2.05, 4.69) is 39.4 Å². The number of nitrogen functional groups attached to an aromatic ring is 1. The van der Waals surface area contributed by atoms with Gasteiger partial charge in [0.15, 0.2) is 0 Å². The largest absolute Gasteiger partial charge is 0.383 e. The molecular formula is C16H16N4. The molecule has 0 spiro atoms. The van der Waals surface area contributed by atoms with Crippen LogP contribution in [0.1, 0.15) is 6.42 Å². The summed E-state index contributed by atoms with van der Waals surface area (Å²) in [6.45, 7) is 4.60. The van der Waals surface area contributed by atoms with E-state index < -0.39 is 0 Å². The average Bonchev–Trinajstić information content (AvgIpc) is 2.86. The second-order valence-corrected chi connectivity index (χ2v) is 4.64. The maximum atomic E-state index is 6.05. The standard InChI is InChI=1S/C16H16N4/c1-2-3-9-20-10-13(12-7-5-4-6-8-12)14-15(17)18-11-19-16(14)20/h2,4-8,10-11H,1,3,9H2,(H2,17,18,19). The van der Waals surface area contributed by atoms with E-state index in [0.29, 0.717) is 5.82 Å². The quantitative estimate of drug-likeness (QED) is 0.736. The first kappa shape index (κ1) is 12.4. The van der Waals surface area contributed by atoms with Crippen LogP contribution in [0.4, 0.5) is 5.82 Å². The van der Waals surface area contributed by atoms with Crippen molar-refractivity contribution in [1.29, 1.82) is 0 Å². The number of aromatic nitrogens is 3. The zero-order valence-corrected chi connectivity index (χ0v) is 11.2. The number of nitrogens with two attached hydrogens (primary N) is 1. The maximum Gasteiger partial charge on any atom is 0.146 e. The number of hydrogen-bond donors (Lipinski definition) is 1. The monoisotopic (exact) mass is 264 g/mol. The van der Waals surface area contributed by atoms with Gasteiger partial charge in [-0.05, 0) is 12.0 Å². The summed E-state index contributed by atoms with van der Waals surface area (Å²) in [5.74, 6) is 0.520. The van der Waals surface area contributed by atoms with Crippen molar-refractivity contribution in [3.63, 3.8) is 0 Å². The van der Waals surface area contributed by atoms with Crippen LogP contribution < -0.4 is 5.73 Å². The third-order valence-electron chi connectivity index (χ3n) is 3.34. The molecule has 1 aromatic carbocycles. The summed E-state index contributed by atoms with van der Waals surface area (Å²) >= 11 is 0. The second-order valence-electron chi connectivity index (χ2n) is 4.64. The molecule has 2 aromatic heterocycles. The van der Waals surface area contributed by atoms with E-state index in [9.17, 15) is 0 Å². The Balaban J connectivity index is 2.24. The minimum Gasteiger partial charge on any atom is -0.383 e. The Morgan fingerprint density at radius 2 is 2.00 bits per heavy atom. The molecule has 2 heterocycles. The molecule has 2 N–H and O–H groups in total. The number of hydrogen-bond acceptors (Lipinski definition) is 3. The molecule has 0 saturated heterocycles. The van der Waals surface area contributed by atoms with Gasteiger partial charge in [0.25, 0.3) is 0 Å². The second kappa shape index (κ2) is 5.17. The fourth-order valence-electron chi connectivity index (χ4n) is 2.38. The van der Waals surface area contributed by atoms with Crippen LogP contribution in [0, 0.1) is 0 Å². The summed E-state index contributed by atoms with van der Waals surface area (Å²) in [7, 11) is 0. The van der Waals surface area contributed by atoms with Crippen molar-refractivity contribution in [2.75, 3.05) is 5.73 Å². The van der Waals surface area contributed by atoms with Gasteiger partial charge in [-0.15, -0.1) is 6.58 Å². The number of nitrogens with zero attached hydrogens (tertiary/aromatic N) is 3. The molecular weight excluding hydrogens is 248 g/mol. The van der Waals surface area contributed by atoms with Gasteiger partial charge in [0.05, 0.1) is 5.39 Å². The van der Waals surface area contributed by atoms with Crippen LogP contribution in [0.3, 0.4) is 0 Å². The van der Waals surface area contributed by atoms with Gasteiger partial charge in [-0.25, -0.2) is 9.97 Å². The molecule has 4 nitrogen and oxygen atoms in total. The molecule has 0 aliphatic rings. The van der Waals surface area contributed by atoms with Gasteiger partial charge in [0.2, 0.25) is 0 Å². The number of benzene rings is 1. The Morgan fingerprint density at radius 1 is 1.20 bits per heavy atom. The minimum atomic E-state index is 0.520. The molecule has 0 unspecified atom stereocenters. The summed E-state index contributed by atoms with van der Waals surface area (Å²) in [6, 6.07) is 10.2. The normalized spacial score (nSPS) is 10.8. The summed E-state index contributed by atoms with van der Waals surface area (Å²) in [6.07, 6.45) is 6.39. The number of allylic oxidation sites excluding steroid dienone is 1. The van der Waals surface area contributed by atoms with Gasteiger partial charge < -0.3 is 10.3 Å². The molecule has 20 heavy (non-hydrogen) atoms. The maximum absolute atomic E-state index is 6.05. The van der Waals surface area contributed by atoms with Crippen LogP contribution in [0.5, 0.6) is 0 Å². The van der Waals surface area contributed by atoms with Gasteiger partial charge in [-0.3, -0.25) is 0 Å². The lowest BCUT2D eigenvalue weighted by Gasteiger charge is -2.01. The van der Waals surface area contributed by atoms with Gasteiger partial charge in [0, 0.05) is 18.3 Å². The molecule has 3 rings (SSSR count). The van der Waals surface area contributed by atoms with E-state index in [0.717, 1.165) is 35.1 Å². The Labute approximate surface area is 117 Å². The van der Waals surface area contributed by atoms with E-state index in [1.54, 1.807) is 0 Å². The Kier molecular flexibility index (Phi) is 3.21. The minimum absolute atomic E-state index is 0.520. The molecule has 0 radical (unpaired) electrons. The molecule has 0 fully saturated rings. The fourth-order valence-corrected chi connectivity index (χ4v) is 2.38. The summed E-state index contributed by atoms with van der Waals surface area (Å²) in [5.41, 5.74) is 9.12. The smallest absolute Gasteiger partial charge is 0.146 e. The Morgan fingerprint density at radius 3 is 2.75 bits per heavy atom. The van der Waals surface area contributed by atoms with Crippen molar-refractivity contribution in [2.45, 2.75) is 13.0 Å². The third-order valence-corrected chi connectivity index (χ3v) is 3.34. The lowest BCUT2D eigenvalue weighted by atomic mass is 10.1.